The molecule has 0 unspecified atom stereocenters. The number of carbonyl (C=O) groups is 2. The molecular weight excluding hydrogens is 310 g/mol. The lowest BCUT2D eigenvalue weighted by atomic mass is 10.4. The molecule has 3 amide bonds. The van der Waals surface area contributed by atoms with Crippen molar-refractivity contribution in [1.82, 2.24) is 20.8 Å². The van der Waals surface area contributed by atoms with Gasteiger partial charge in [-0.3, -0.25) is 10.1 Å². The fourth-order valence-corrected chi connectivity index (χ4v) is 3.41. The highest BCUT2D eigenvalue weighted by molar-refractivity contribution is 8.02. The summed E-state index contributed by atoms with van der Waals surface area (Å²) < 4.78 is 0.713. The summed E-state index contributed by atoms with van der Waals surface area (Å²) in [5.74, 6) is -0.343. The Kier molecular flexibility index (Phi) is 5.40. The maximum absolute atomic E-state index is 11.9. The lowest BCUT2D eigenvalue weighted by Crippen LogP contribution is -2.45. The predicted octanol–water partition coefficient (Wildman–Crippen LogP) is 1.83. The van der Waals surface area contributed by atoms with Crippen molar-refractivity contribution in [2.24, 2.45) is 0 Å². The normalized spacial score (nSPS) is 15.6. The van der Waals surface area contributed by atoms with Gasteiger partial charge in [0.05, 0.1) is 5.25 Å². The molecule has 1 atom stereocenters. The second kappa shape index (κ2) is 7.08. The van der Waals surface area contributed by atoms with Gasteiger partial charge in [0, 0.05) is 12.1 Å². The molecular formula is C12H19N5O2S2. The van der Waals surface area contributed by atoms with Gasteiger partial charge in [-0.1, -0.05) is 23.1 Å². The Morgan fingerprint density at radius 3 is 2.62 bits per heavy atom. The van der Waals surface area contributed by atoms with Crippen molar-refractivity contribution < 1.29 is 9.59 Å². The van der Waals surface area contributed by atoms with Gasteiger partial charge in [-0.05, 0) is 33.6 Å². The number of imide groups is 1. The summed E-state index contributed by atoms with van der Waals surface area (Å²) in [6.45, 7) is 5.40. The zero-order valence-corrected chi connectivity index (χ0v) is 13.8. The maximum atomic E-state index is 11.9. The molecule has 1 heterocycles. The van der Waals surface area contributed by atoms with E-state index in [9.17, 15) is 9.59 Å². The number of urea groups is 1. The minimum atomic E-state index is -0.476. The number of hydrogen-bond acceptors (Lipinski definition) is 7. The van der Waals surface area contributed by atoms with E-state index in [0.717, 1.165) is 5.13 Å². The smallest absolute Gasteiger partial charge is 0.321 e. The van der Waals surface area contributed by atoms with Crippen LogP contribution in [0.4, 0.5) is 9.93 Å². The van der Waals surface area contributed by atoms with E-state index in [1.54, 1.807) is 6.92 Å². The van der Waals surface area contributed by atoms with Crippen LogP contribution < -0.4 is 16.0 Å². The van der Waals surface area contributed by atoms with Crippen LogP contribution >= 0.6 is 23.1 Å². The van der Waals surface area contributed by atoms with Crippen molar-refractivity contribution >= 4 is 40.2 Å². The third-order valence-electron chi connectivity index (χ3n) is 2.61. The average molecular weight is 329 g/mol. The molecule has 1 aromatic heterocycles. The zero-order valence-electron chi connectivity index (χ0n) is 12.2. The summed E-state index contributed by atoms with van der Waals surface area (Å²) in [5.41, 5.74) is 0. The van der Waals surface area contributed by atoms with Crippen LogP contribution in [0.2, 0.25) is 0 Å². The highest BCUT2D eigenvalue weighted by Gasteiger charge is 2.23. The molecule has 116 valence electrons. The van der Waals surface area contributed by atoms with Gasteiger partial charge in [0.15, 0.2) is 4.34 Å². The summed E-state index contributed by atoms with van der Waals surface area (Å²) in [7, 11) is 0. The number of aromatic nitrogens is 2. The summed E-state index contributed by atoms with van der Waals surface area (Å²) >= 11 is 2.72. The molecule has 0 spiro atoms. The maximum Gasteiger partial charge on any atom is 0.321 e. The lowest BCUT2D eigenvalue weighted by molar-refractivity contribution is -0.119. The zero-order chi connectivity index (χ0) is 15.4. The van der Waals surface area contributed by atoms with Crippen molar-refractivity contribution in [2.75, 3.05) is 5.32 Å². The van der Waals surface area contributed by atoms with Gasteiger partial charge in [-0.25, -0.2) is 4.79 Å². The fourth-order valence-electron chi connectivity index (χ4n) is 1.43. The van der Waals surface area contributed by atoms with E-state index < -0.39 is 11.3 Å². The fraction of sp³-hybridized carbons (Fsp3) is 0.667. The molecule has 0 radical (unpaired) electrons. The van der Waals surface area contributed by atoms with Crippen LogP contribution in [-0.2, 0) is 4.79 Å². The Bertz CT molecular complexity index is 516. The molecule has 7 nitrogen and oxygen atoms in total. The molecule has 0 aliphatic heterocycles. The Morgan fingerprint density at radius 2 is 2.00 bits per heavy atom. The van der Waals surface area contributed by atoms with Crippen LogP contribution in [0.25, 0.3) is 0 Å². The molecule has 2 rings (SSSR count). The summed E-state index contributed by atoms with van der Waals surface area (Å²) in [6, 6.07) is 0.0343. The number of rotatable bonds is 6. The SMILES string of the molecule is CC(C)NC(=O)NC(=O)[C@@H](C)Sc1nnc(NC2CC2)s1. The molecule has 1 saturated carbocycles. The van der Waals surface area contributed by atoms with E-state index >= 15 is 0 Å². The minimum Gasteiger partial charge on any atom is -0.357 e. The van der Waals surface area contributed by atoms with Gasteiger partial charge in [0.1, 0.15) is 0 Å². The van der Waals surface area contributed by atoms with Gasteiger partial charge in [-0.15, -0.1) is 10.2 Å². The Labute approximate surface area is 131 Å². The van der Waals surface area contributed by atoms with Crippen LogP contribution in [0.3, 0.4) is 0 Å². The highest BCUT2D eigenvalue weighted by atomic mass is 32.2. The first-order valence-electron chi connectivity index (χ1n) is 6.82. The van der Waals surface area contributed by atoms with E-state index in [4.69, 9.17) is 0 Å². The van der Waals surface area contributed by atoms with Gasteiger partial charge >= 0.3 is 6.03 Å². The van der Waals surface area contributed by atoms with Crippen molar-refractivity contribution in [3.63, 3.8) is 0 Å². The summed E-state index contributed by atoms with van der Waals surface area (Å²) in [6.07, 6.45) is 2.34. The number of carbonyl (C=O) groups excluding carboxylic acids is 2. The topological polar surface area (TPSA) is 96.0 Å². The molecule has 1 aliphatic carbocycles. The molecule has 0 aromatic carbocycles. The molecule has 0 bridgehead atoms. The van der Waals surface area contributed by atoms with E-state index in [2.05, 4.69) is 26.1 Å². The van der Waals surface area contributed by atoms with Crippen molar-refractivity contribution in [2.45, 2.75) is 55.3 Å². The summed E-state index contributed by atoms with van der Waals surface area (Å²) in [4.78, 5) is 23.3. The highest BCUT2D eigenvalue weighted by Crippen LogP contribution is 2.31. The van der Waals surface area contributed by atoms with Crippen LogP contribution in [0.5, 0.6) is 0 Å². The van der Waals surface area contributed by atoms with Gasteiger partial charge in [0.25, 0.3) is 0 Å². The molecule has 1 aliphatic rings. The lowest BCUT2D eigenvalue weighted by Gasteiger charge is -2.11. The molecule has 21 heavy (non-hydrogen) atoms. The minimum absolute atomic E-state index is 0.0139. The predicted molar refractivity (Wildman–Crippen MR) is 83.7 cm³/mol. The van der Waals surface area contributed by atoms with Crippen LogP contribution in [0, 0.1) is 0 Å². The van der Waals surface area contributed by atoms with Crippen molar-refractivity contribution in [1.29, 1.82) is 0 Å². The summed E-state index contributed by atoms with van der Waals surface area (Å²) in [5, 5.41) is 16.6. The van der Waals surface area contributed by atoms with E-state index in [0.29, 0.717) is 10.4 Å². The second-order valence-electron chi connectivity index (χ2n) is 5.17. The molecule has 3 N–H and O–H groups in total. The number of nitrogens with one attached hydrogen (secondary N) is 3. The van der Waals surface area contributed by atoms with Crippen LogP contribution in [0.15, 0.2) is 4.34 Å². The van der Waals surface area contributed by atoms with Crippen molar-refractivity contribution in [3.8, 4) is 0 Å². The van der Waals surface area contributed by atoms with Gasteiger partial charge in [-0.2, -0.15) is 0 Å². The number of amides is 3. The Balaban J connectivity index is 1.79. The Hall–Kier alpha value is -1.35. The quantitative estimate of drug-likeness (QED) is 0.689. The van der Waals surface area contributed by atoms with Crippen molar-refractivity contribution in [3.05, 3.63) is 0 Å². The first kappa shape index (κ1) is 16.0. The third kappa shape index (κ3) is 5.50. The number of nitrogens with zero attached hydrogens (tertiary/aromatic N) is 2. The van der Waals surface area contributed by atoms with E-state index in [1.807, 2.05) is 13.8 Å². The second-order valence-corrected chi connectivity index (χ2v) is 7.73. The first-order valence-corrected chi connectivity index (χ1v) is 8.51. The van der Waals surface area contributed by atoms with Crippen LogP contribution in [0.1, 0.15) is 33.6 Å². The molecule has 9 heteroatoms. The molecule has 1 aromatic rings. The average Bonchev–Trinajstić information content (AvgIpc) is 3.07. The number of thioether (sulfide) groups is 1. The van der Waals surface area contributed by atoms with Gasteiger partial charge in [0.2, 0.25) is 11.0 Å². The first-order chi connectivity index (χ1) is 9.94. The molecule has 0 saturated heterocycles. The number of hydrogen-bond donors (Lipinski definition) is 3. The number of anilines is 1. The Morgan fingerprint density at radius 1 is 1.29 bits per heavy atom. The third-order valence-corrected chi connectivity index (χ3v) is 4.65. The molecule has 1 fully saturated rings. The van der Waals surface area contributed by atoms with Crippen LogP contribution in [-0.4, -0.2) is 39.5 Å². The largest absolute Gasteiger partial charge is 0.357 e. The van der Waals surface area contributed by atoms with E-state index in [-0.39, 0.29) is 11.9 Å². The van der Waals surface area contributed by atoms with Gasteiger partial charge < -0.3 is 10.6 Å². The van der Waals surface area contributed by atoms with E-state index in [1.165, 1.54) is 35.9 Å². The monoisotopic (exact) mass is 329 g/mol. The standard InChI is InChI=1S/C12H19N5O2S2/c1-6(2)13-10(19)15-9(18)7(3)20-12-17-16-11(21-12)14-8-4-5-8/h6-8H,4-5H2,1-3H3,(H,14,16)(H2,13,15,18,19)/t7-/m1/s1.